The molecule has 1 atom stereocenters. The van der Waals surface area contributed by atoms with E-state index >= 15 is 0 Å². The van der Waals surface area contributed by atoms with Gasteiger partial charge in [0.15, 0.2) is 0 Å². The molecule has 0 saturated carbocycles. The van der Waals surface area contributed by atoms with Crippen molar-refractivity contribution in [2.24, 2.45) is 5.92 Å². The molecule has 1 aliphatic rings. The molecular weight excluding hydrogens is 339 g/mol. The van der Waals surface area contributed by atoms with Crippen LogP contribution in [0.3, 0.4) is 0 Å². The molecule has 18 heavy (non-hydrogen) atoms. The molecule has 2 rings (SSSR count). The van der Waals surface area contributed by atoms with Gasteiger partial charge in [-0.05, 0) is 73.5 Å². The number of benzene rings is 1. The van der Waals surface area contributed by atoms with E-state index in [-0.39, 0.29) is 5.91 Å². The lowest BCUT2D eigenvalue weighted by Gasteiger charge is -2.23. The number of rotatable bonds is 3. The van der Waals surface area contributed by atoms with E-state index in [4.69, 9.17) is 0 Å². The van der Waals surface area contributed by atoms with Crippen LogP contribution >= 0.6 is 22.6 Å². The highest BCUT2D eigenvalue weighted by Crippen LogP contribution is 2.14. The van der Waals surface area contributed by atoms with Crippen molar-refractivity contribution in [2.45, 2.75) is 19.8 Å². The molecule has 0 aromatic heterocycles. The molecular formula is C14H19IN2O. The van der Waals surface area contributed by atoms with Crippen LogP contribution in [0.5, 0.6) is 0 Å². The van der Waals surface area contributed by atoms with Gasteiger partial charge in [0.1, 0.15) is 0 Å². The standard InChI is InChI=1S/C14H19IN2O/c1-10-4-5-13(15)12(7-10)14(18)17-9-11-3-2-6-16-8-11/h4-5,7,11,16H,2-3,6,8-9H2,1H3,(H,17,18). The Bertz CT molecular complexity index is 428. The number of halogens is 1. The van der Waals surface area contributed by atoms with Crippen LogP contribution < -0.4 is 10.6 Å². The minimum atomic E-state index is 0.0497. The molecule has 1 aromatic rings. The zero-order chi connectivity index (χ0) is 13.0. The highest BCUT2D eigenvalue weighted by molar-refractivity contribution is 14.1. The number of carbonyl (C=O) groups excluding carboxylic acids is 1. The summed E-state index contributed by atoms with van der Waals surface area (Å²) in [7, 11) is 0. The third-order valence-electron chi connectivity index (χ3n) is 3.32. The lowest BCUT2D eigenvalue weighted by Crippen LogP contribution is -2.38. The number of amides is 1. The van der Waals surface area contributed by atoms with Crippen molar-refractivity contribution < 1.29 is 4.79 Å². The van der Waals surface area contributed by atoms with Crippen LogP contribution in [-0.2, 0) is 0 Å². The summed E-state index contributed by atoms with van der Waals surface area (Å²) in [5.74, 6) is 0.624. The van der Waals surface area contributed by atoms with Crippen molar-refractivity contribution in [1.29, 1.82) is 0 Å². The fourth-order valence-corrected chi connectivity index (χ4v) is 2.82. The van der Waals surface area contributed by atoms with Crippen molar-refractivity contribution >= 4 is 28.5 Å². The lowest BCUT2D eigenvalue weighted by molar-refractivity contribution is 0.0944. The zero-order valence-electron chi connectivity index (χ0n) is 10.6. The van der Waals surface area contributed by atoms with Crippen LogP contribution in [0.4, 0.5) is 0 Å². The topological polar surface area (TPSA) is 41.1 Å². The van der Waals surface area contributed by atoms with Gasteiger partial charge in [-0.2, -0.15) is 0 Å². The Morgan fingerprint density at radius 3 is 3.11 bits per heavy atom. The molecule has 1 unspecified atom stereocenters. The number of piperidine rings is 1. The number of carbonyl (C=O) groups is 1. The zero-order valence-corrected chi connectivity index (χ0v) is 12.8. The first kappa shape index (κ1) is 13.8. The molecule has 1 aliphatic heterocycles. The van der Waals surface area contributed by atoms with E-state index in [0.717, 1.165) is 34.3 Å². The number of aryl methyl sites for hydroxylation is 1. The Hall–Kier alpha value is -0.620. The van der Waals surface area contributed by atoms with E-state index < -0.39 is 0 Å². The number of nitrogens with one attached hydrogen (secondary N) is 2. The van der Waals surface area contributed by atoms with Gasteiger partial charge in [0.25, 0.3) is 5.91 Å². The van der Waals surface area contributed by atoms with Gasteiger partial charge in [0, 0.05) is 10.1 Å². The molecule has 1 fully saturated rings. The van der Waals surface area contributed by atoms with Crippen LogP contribution in [0.2, 0.25) is 0 Å². The highest BCUT2D eigenvalue weighted by Gasteiger charge is 2.15. The average molecular weight is 358 g/mol. The molecule has 0 aliphatic carbocycles. The average Bonchev–Trinajstić information content (AvgIpc) is 2.40. The summed E-state index contributed by atoms with van der Waals surface area (Å²) in [5, 5.41) is 6.42. The smallest absolute Gasteiger partial charge is 0.252 e. The van der Waals surface area contributed by atoms with Gasteiger partial charge in [0.05, 0.1) is 5.56 Å². The number of hydrogen-bond acceptors (Lipinski definition) is 2. The fraction of sp³-hybridized carbons (Fsp3) is 0.500. The lowest BCUT2D eigenvalue weighted by atomic mass is 9.99. The van der Waals surface area contributed by atoms with E-state index in [1.54, 1.807) is 0 Å². The summed E-state index contributed by atoms with van der Waals surface area (Å²) in [4.78, 5) is 12.1. The van der Waals surface area contributed by atoms with Gasteiger partial charge < -0.3 is 10.6 Å². The molecule has 0 bridgehead atoms. The van der Waals surface area contributed by atoms with Crippen LogP contribution in [0.15, 0.2) is 18.2 Å². The Morgan fingerprint density at radius 1 is 1.56 bits per heavy atom. The summed E-state index contributed by atoms with van der Waals surface area (Å²) in [5.41, 5.74) is 1.92. The van der Waals surface area contributed by atoms with Crippen LogP contribution in [0.1, 0.15) is 28.8 Å². The third kappa shape index (κ3) is 3.68. The highest BCUT2D eigenvalue weighted by atomic mass is 127. The van der Waals surface area contributed by atoms with Gasteiger partial charge in [-0.15, -0.1) is 0 Å². The molecule has 1 heterocycles. The van der Waals surface area contributed by atoms with Crippen LogP contribution in [0, 0.1) is 16.4 Å². The summed E-state index contributed by atoms with van der Waals surface area (Å²) < 4.78 is 1.01. The van der Waals surface area contributed by atoms with Gasteiger partial charge in [-0.25, -0.2) is 0 Å². The molecule has 1 saturated heterocycles. The van der Waals surface area contributed by atoms with Crippen molar-refractivity contribution in [2.75, 3.05) is 19.6 Å². The first-order valence-corrected chi connectivity index (χ1v) is 7.50. The summed E-state index contributed by atoms with van der Waals surface area (Å²) in [6.07, 6.45) is 2.42. The largest absolute Gasteiger partial charge is 0.352 e. The van der Waals surface area contributed by atoms with E-state index in [1.165, 1.54) is 12.8 Å². The van der Waals surface area contributed by atoms with Crippen LogP contribution in [0.25, 0.3) is 0 Å². The van der Waals surface area contributed by atoms with Gasteiger partial charge in [0.2, 0.25) is 0 Å². The second-order valence-electron chi connectivity index (χ2n) is 4.91. The predicted molar refractivity (Wildman–Crippen MR) is 81.8 cm³/mol. The quantitative estimate of drug-likeness (QED) is 0.815. The molecule has 2 N–H and O–H groups in total. The second kappa shape index (κ2) is 6.52. The minimum absolute atomic E-state index is 0.0497. The fourth-order valence-electron chi connectivity index (χ4n) is 2.24. The van der Waals surface area contributed by atoms with E-state index in [2.05, 4.69) is 33.2 Å². The maximum Gasteiger partial charge on any atom is 0.252 e. The predicted octanol–water partition coefficient (Wildman–Crippen LogP) is 2.33. The maximum atomic E-state index is 12.1. The van der Waals surface area contributed by atoms with E-state index in [9.17, 15) is 4.79 Å². The van der Waals surface area contributed by atoms with E-state index in [0.29, 0.717) is 5.92 Å². The Kier molecular flexibility index (Phi) is 5.00. The summed E-state index contributed by atoms with van der Waals surface area (Å²) in [6.45, 7) is 4.92. The molecule has 98 valence electrons. The molecule has 0 radical (unpaired) electrons. The first-order chi connectivity index (χ1) is 8.66. The second-order valence-corrected chi connectivity index (χ2v) is 6.07. The van der Waals surface area contributed by atoms with E-state index in [1.807, 2.05) is 25.1 Å². The summed E-state index contributed by atoms with van der Waals surface area (Å²) in [6, 6.07) is 5.98. The molecule has 0 spiro atoms. The van der Waals surface area contributed by atoms with Gasteiger partial charge in [-0.3, -0.25) is 4.79 Å². The first-order valence-electron chi connectivity index (χ1n) is 6.42. The monoisotopic (exact) mass is 358 g/mol. The minimum Gasteiger partial charge on any atom is -0.352 e. The maximum absolute atomic E-state index is 12.1. The number of hydrogen-bond donors (Lipinski definition) is 2. The SMILES string of the molecule is Cc1ccc(I)c(C(=O)NCC2CCCNC2)c1. The molecule has 1 aromatic carbocycles. The Labute approximate surface area is 122 Å². The van der Waals surface area contributed by atoms with Crippen molar-refractivity contribution in [3.05, 3.63) is 32.9 Å². The summed E-state index contributed by atoms with van der Waals surface area (Å²) >= 11 is 2.21. The Morgan fingerprint density at radius 2 is 2.39 bits per heavy atom. The van der Waals surface area contributed by atoms with Crippen molar-refractivity contribution in [3.63, 3.8) is 0 Å². The van der Waals surface area contributed by atoms with Gasteiger partial charge in [-0.1, -0.05) is 11.6 Å². The molecule has 3 nitrogen and oxygen atoms in total. The van der Waals surface area contributed by atoms with Crippen molar-refractivity contribution in [3.8, 4) is 0 Å². The van der Waals surface area contributed by atoms with Crippen molar-refractivity contribution in [1.82, 2.24) is 10.6 Å². The normalized spacial score (nSPS) is 19.6. The molecule has 4 heteroatoms. The van der Waals surface area contributed by atoms with Crippen LogP contribution in [-0.4, -0.2) is 25.5 Å². The van der Waals surface area contributed by atoms with Gasteiger partial charge >= 0.3 is 0 Å². The Balaban J connectivity index is 1.92. The third-order valence-corrected chi connectivity index (χ3v) is 4.26. The molecule has 1 amide bonds.